The Labute approximate surface area is 105 Å². The molecule has 0 saturated heterocycles. The summed E-state index contributed by atoms with van der Waals surface area (Å²) in [5, 5.41) is 16.4. The third-order valence-corrected chi connectivity index (χ3v) is 2.30. The normalized spacial score (nSPS) is 10.8. The summed E-state index contributed by atoms with van der Waals surface area (Å²) in [4.78, 5) is 10.9. The van der Waals surface area contributed by atoms with Crippen LogP contribution in [0.25, 0.3) is 0 Å². The molecule has 0 bridgehead atoms. The van der Waals surface area contributed by atoms with Gasteiger partial charge in [0.15, 0.2) is 5.69 Å². The fraction of sp³-hybridized carbons (Fsp3) is 0.700. The van der Waals surface area contributed by atoms with Crippen molar-refractivity contribution < 1.29 is 19.4 Å². The number of aromatic carboxylic acids is 1. The first-order chi connectivity index (χ1) is 8.70. The van der Waals surface area contributed by atoms with E-state index in [-0.39, 0.29) is 5.69 Å². The molecule has 1 aromatic rings. The van der Waals surface area contributed by atoms with Crippen LogP contribution in [-0.4, -0.2) is 59.5 Å². The number of hydrogen-bond donors (Lipinski definition) is 2. The zero-order chi connectivity index (χ0) is 13.4. The molecule has 1 aromatic heterocycles. The van der Waals surface area contributed by atoms with E-state index in [1.807, 2.05) is 0 Å². The minimum Gasteiger partial charge on any atom is -0.476 e. The molecule has 102 valence electrons. The molecule has 0 aliphatic rings. The number of rotatable bonds is 9. The van der Waals surface area contributed by atoms with Gasteiger partial charge in [0.2, 0.25) is 0 Å². The zero-order valence-electron chi connectivity index (χ0n) is 10.3. The Bertz CT molecular complexity index is 380. The standard InChI is InChI=1S/C10H18N4O4/c1-17-6-7-18-5-4-14-8(2-3-11)9(10(15)16)12-13-14/h2-7,11H2,1H3,(H,15,16). The average molecular weight is 258 g/mol. The second kappa shape index (κ2) is 7.75. The van der Waals surface area contributed by atoms with Gasteiger partial charge in [0.05, 0.1) is 32.1 Å². The summed E-state index contributed by atoms with van der Waals surface area (Å²) in [6.45, 7) is 2.22. The molecule has 0 radical (unpaired) electrons. The highest BCUT2D eigenvalue weighted by Crippen LogP contribution is 2.06. The molecule has 0 aliphatic carbocycles. The quantitative estimate of drug-likeness (QED) is 0.554. The van der Waals surface area contributed by atoms with Crippen LogP contribution < -0.4 is 5.73 Å². The second-order valence-electron chi connectivity index (χ2n) is 3.56. The van der Waals surface area contributed by atoms with E-state index >= 15 is 0 Å². The lowest BCUT2D eigenvalue weighted by Gasteiger charge is -2.06. The number of carboxylic acids is 1. The molecular formula is C10H18N4O4. The van der Waals surface area contributed by atoms with Gasteiger partial charge in [-0.2, -0.15) is 0 Å². The van der Waals surface area contributed by atoms with Crippen LogP contribution in [0.4, 0.5) is 0 Å². The van der Waals surface area contributed by atoms with Gasteiger partial charge in [-0.3, -0.25) is 0 Å². The van der Waals surface area contributed by atoms with Gasteiger partial charge in [0, 0.05) is 13.5 Å². The van der Waals surface area contributed by atoms with E-state index in [4.69, 9.17) is 20.3 Å². The first kappa shape index (κ1) is 14.6. The van der Waals surface area contributed by atoms with E-state index in [1.54, 1.807) is 7.11 Å². The van der Waals surface area contributed by atoms with Crippen molar-refractivity contribution in [3.63, 3.8) is 0 Å². The molecule has 18 heavy (non-hydrogen) atoms. The van der Waals surface area contributed by atoms with E-state index in [0.29, 0.717) is 45.0 Å². The number of ether oxygens (including phenoxy) is 2. The number of nitrogens with zero attached hydrogens (tertiary/aromatic N) is 3. The SMILES string of the molecule is COCCOCCn1nnc(C(=O)O)c1CCN. The van der Waals surface area contributed by atoms with Crippen LogP contribution in [0.3, 0.4) is 0 Å². The van der Waals surface area contributed by atoms with Crippen LogP contribution >= 0.6 is 0 Å². The van der Waals surface area contributed by atoms with Crippen LogP contribution in [0.2, 0.25) is 0 Å². The summed E-state index contributed by atoms with van der Waals surface area (Å²) in [5.41, 5.74) is 5.93. The van der Waals surface area contributed by atoms with Gasteiger partial charge in [0.1, 0.15) is 0 Å². The van der Waals surface area contributed by atoms with Gasteiger partial charge in [-0.1, -0.05) is 5.21 Å². The molecule has 0 fully saturated rings. The smallest absolute Gasteiger partial charge is 0.358 e. The maximum atomic E-state index is 10.9. The maximum Gasteiger partial charge on any atom is 0.358 e. The maximum absolute atomic E-state index is 10.9. The highest BCUT2D eigenvalue weighted by molar-refractivity contribution is 5.86. The Balaban J connectivity index is 2.56. The lowest BCUT2D eigenvalue weighted by molar-refractivity contribution is 0.0648. The van der Waals surface area contributed by atoms with Gasteiger partial charge in [-0.15, -0.1) is 5.10 Å². The number of carbonyl (C=O) groups is 1. The van der Waals surface area contributed by atoms with Crippen molar-refractivity contribution in [2.75, 3.05) is 33.5 Å². The van der Waals surface area contributed by atoms with Crippen LogP contribution in [0.1, 0.15) is 16.2 Å². The molecule has 0 spiro atoms. The minimum atomic E-state index is -1.09. The Hall–Kier alpha value is -1.51. The van der Waals surface area contributed by atoms with E-state index in [1.165, 1.54) is 4.68 Å². The van der Waals surface area contributed by atoms with Crippen molar-refractivity contribution in [2.45, 2.75) is 13.0 Å². The van der Waals surface area contributed by atoms with Crippen molar-refractivity contribution >= 4 is 5.97 Å². The topological polar surface area (TPSA) is 112 Å². The van der Waals surface area contributed by atoms with Gasteiger partial charge in [0.25, 0.3) is 0 Å². The van der Waals surface area contributed by atoms with Crippen molar-refractivity contribution in [3.8, 4) is 0 Å². The van der Waals surface area contributed by atoms with Crippen LogP contribution in [-0.2, 0) is 22.4 Å². The minimum absolute atomic E-state index is 0.0441. The number of carboxylic acid groups (broad SMARTS) is 1. The molecule has 8 heteroatoms. The summed E-state index contributed by atoms with van der Waals surface area (Å²) in [7, 11) is 1.60. The number of aromatic nitrogens is 3. The molecule has 1 heterocycles. The predicted octanol–water partition coefficient (Wildman–Crippen LogP) is -0.859. The molecule has 0 aromatic carbocycles. The first-order valence-corrected chi connectivity index (χ1v) is 5.63. The van der Waals surface area contributed by atoms with Crippen molar-refractivity contribution in [3.05, 3.63) is 11.4 Å². The van der Waals surface area contributed by atoms with Crippen molar-refractivity contribution in [2.24, 2.45) is 5.73 Å². The third kappa shape index (κ3) is 4.06. The van der Waals surface area contributed by atoms with E-state index in [9.17, 15) is 4.79 Å². The van der Waals surface area contributed by atoms with E-state index in [0.717, 1.165) is 0 Å². The molecule has 3 N–H and O–H groups in total. The number of hydrogen-bond acceptors (Lipinski definition) is 6. The van der Waals surface area contributed by atoms with Gasteiger partial charge < -0.3 is 20.3 Å². The van der Waals surface area contributed by atoms with E-state index < -0.39 is 5.97 Å². The molecule has 1 rings (SSSR count). The summed E-state index contributed by atoms with van der Waals surface area (Å²) in [6.07, 6.45) is 0.423. The van der Waals surface area contributed by atoms with Crippen molar-refractivity contribution in [1.29, 1.82) is 0 Å². The average Bonchev–Trinajstić information content (AvgIpc) is 2.73. The van der Waals surface area contributed by atoms with Gasteiger partial charge >= 0.3 is 5.97 Å². The second-order valence-corrected chi connectivity index (χ2v) is 3.56. The van der Waals surface area contributed by atoms with Gasteiger partial charge in [-0.25, -0.2) is 9.48 Å². The third-order valence-electron chi connectivity index (χ3n) is 2.30. The molecule has 0 aliphatic heterocycles. The molecule has 0 atom stereocenters. The van der Waals surface area contributed by atoms with Crippen LogP contribution in [0, 0.1) is 0 Å². The lowest BCUT2D eigenvalue weighted by atomic mass is 10.2. The van der Waals surface area contributed by atoms with Crippen LogP contribution in [0.15, 0.2) is 0 Å². The highest BCUT2D eigenvalue weighted by Gasteiger charge is 2.17. The molecule has 0 saturated carbocycles. The predicted molar refractivity (Wildman–Crippen MR) is 62.4 cm³/mol. The Morgan fingerprint density at radius 3 is 2.83 bits per heavy atom. The van der Waals surface area contributed by atoms with Gasteiger partial charge in [-0.05, 0) is 6.54 Å². The Morgan fingerprint density at radius 1 is 1.44 bits per heavy atom. The summed E-state index contributed by atoms with van der Waals surface area (Å²) >= 11 is 0. The lowest BCUT2D eigenvalue weighted by Crippen LogP contribution is -2.16. The van der Waals surface area contributed by atoms with Crippen LogP contribution in [0.5, 0.6) is 0 Å². The molecule has 8 nitrogen and oxygen atoms in total. The highest BCUT2D eigenvalue weighted by atomic mass is 16.5. The summed E-state index contributed by atoms with van der Waals surface area (Å²) in [5.74, 6) is -1.09. The zero-order valence-corrected chi connectivity index (χ0v) is 10.3. The summed E-state index contributed by atoms with van der Waals surface area (Å²) < 4.78 is 11.6. The fourth-order valence-corrected chi connectivity index (χ4v) is 1.46. The first-order valence-electron chi connectivity index (χ1n) is 5.63. The number of methoxy groups -OCH3 is 1. The van der Waals surface area contributed by atoms with E-state index in [2.05, 4.69) is 10.3 Å². The summed E-state index contributed by atoms with van der Waals surface area (Å²) in [6, 6.07) is 0. The largest absolute Gasteiger partial charge is 0.476 e. The fourth-order valence-electron chi connectivity index (χ4n) is 1.46. The monoisotopic (exact) mass is 258 g/mol. The van der Waals surface area contributed by atoms with Crippen molar-refractivity contribution in [1.82, 2.24) is 15.0 Å². The molecule has 0 unspecified atom stereocenters. The molecule has 0 amide bonds. The Morgan fingerprint density at radius 2 is 2.22 bits per heavy atom. The number of nitrogens with two attached hydrogens (primary N) is 1. The molecular weight excluding hydrogens is 240 g/mol. The Kier molecular flexibility index (Phi) is 6.26.